The molecule has 0 spiro atoms. The minimum absolute atomic E-state index is 0.0259. The van der Waals surface area contributed by atoms with Crippen LogP contribution in [0.25, 0.3) is 0 Å². The molecule has 204 valence electrons. The lowest BCUT2D eigenvalue weighted by molar-refractivity contribution is -0.139. The van der Waals surface area contributed by atoms with E-state index in [9.17, 15) is 9.59 Å². The third-order valence-corrected chi connectivity index (χ3v) is 9.77. The van der Waals surface area contributed by atoms with Gasteiger partial charge in [-0.25, -0.2) is 0 Å². The van der Waals surface area contributed by atoms with E-state index in [0.717, 1.165) is 16.9 Å². The normalized spacial score (nSPS) is 23.9. The Morgan fingerprint density at radius 2 is 1.97 bits per heavy atom. The van der Waals surface area contributed by atoms with Crippen molar-refractivity contribution >= 4 is 73.7 Å². The molecule has 0 aliphatic carbocycles. The van der Waals surface area contributed by atoms with E-state index in [-0.39, 0.29) is 24.2 Å². The molecule has 3 aliphatic rings. The van der Waals surface area contributed by atoms with Gasteiger partial charge in [-0.1, -0.05) is 30.8 Å². The van der Waals surface area contributed by atoms with E-state index in [2.05, 4.69) is 64.4 Å². The fourth-order valence-electron chi connectivity index (χ4n) is 4.73. The minimum Gasteiger partial charge on any atom is -0.493 e. The van der Waals surface area contributed by atoms with Crippen LogP contribution in [0, 0.1) is 0 Å². The second kappa shape index (κ2) is 12.0. The third kappa shape index (κ3) is 5.08. The summed E-state index contributed by atoms with van der Waals surface area (Å²) in [6.45, 7) is 5.26. The van der Waals surface area contributed by atoms with Crippen molar-refractivity contribution in [2.45, 2.75) is 28.2 Å². The van der Waals surface area contributed by atoms with E-state index >= 15 is 0 Å². The average Bonchev–Trinajstić information content (AvgIpc) is 3.29. The number of rotatable bonds is 6. The summed E-state index contributed by atoms with van der Waals surface area (Å²) in [5.74, 6) is 3.38. The Labute approximate surface area is 253 Å². The standard InChI is InChI=1S/C21H19I2O6PS.C5H8O2/c1-25-15-6-12-14(7-16(15)26-2)27-8-21(22)20(12,9-31-23)19(24)10-3-4-13-11(18(10)29-21)5-17(30)28-13;1-3-4-7-5(2)6/h3-4,6-7,17H,5,8-9,30H2,1-2H3;3H,1,4H2,2H3. The monoisotopic (exact) mass is 784 g/mol. The Morgan fingerprint density at radius 1 is 1.26 bits per heavy atom. The zero-order valence-electron chi connectivity index (χ0n) is 21.0. The summed E-state index contributed by atoms with van der Waals surface area (Å²) in [4.78, 5) is 24.2. The maximum atomic E-state index is 14.3. The second-order valence-corrected chi connectivity index (χ2v) is 13.5. The molecule has 5 rings (SSSR count). The zero-order valence-corrected chi connectivity index (χ0v) is 27.3. The number of Topliss-reactive ketones (excluding diaryl/α,β-unsaturated/α-hetero) is 1. The van der Waals surface area contributed by atoms with Crippen LogP contribution in [0.3, 0.4) is 0 Å². The van der Waals surface area contributed by atoms with Crippen molar-refractivity contribution in [3.8, 4) is 28.7 Å². The summed E-state index contributed by atoms with van der Waals surface area (Å²) < 4.78 is 33.2. The number of esters is 1. The third-order valence-electron chi connectivity index (χ3n) is 6.47. The van der Waals surface area contributed by atoms with Crippen molar-refractivity contribution in [1.82, 2.24) is 0 Å². The van der Waals surface area contributed by atoms with Crippen LogP contribution in [0.5, 0.6) is 28.7 Å². The van der Waals surface area contributed by atoms with Gasteiger partial charge in [0.2, 0.25) is 3.61 Å². The maximum Gasteiger partial charge on any atom is 0.302 e. The first-order chi connectivity index (χ1) is 18.1. The quantitative estimate of drug-likeness (QED) is 0.121. The molecule has 0 saturated heterocycles. The highest BCUT2D eigenvalue weighted by atomic mass is 127. The summed E-state index contributed by atoms with van der Waals surface area (Å²) in [6, 6.07) is 7.35. The molecule has 2 aromatic rings. The van der Waals surface area contributed by atoms with E-state index < -0.39 is 9.02 Å². The topological polar surface area (TPSA) is 89.5 Å². The highest BCUT2D eigenvalue weighted by Gasteiger charge is 2.65. The molecule has 8 nitrogen and oxygen atoms in total. The van der Waals surface area contributed by atoms with Crippen molar-refractivity contribution in [1.29, 1.82) is 0 Å². The maximum absolute atomic E-state index is 14.3. The van der Waals surface area contributed by atoms with Crippen molar-refractivity contribution in [2.24, 2.45) is 0 Å². The Bertz CT molecular complexity index is 1270. The van der Waals surface area contributed by atoms with Gasteiger partial charge in [0.05, 0.1) is 19.8 Å². The van der Waals surface area contributed by atoms with Gasteiger partial charge in [0.15, 0.2) is 17.3 Å². The highest BCUT2D eigenvalue weighted by Crippen LogP contribution is 2.60. The Kier molecular flexibility index (Phi) is 9.31. The van der Waals surface area contributed by atoms with Gasteiger partial charge in [0.25, 0.3) is 0 Å². The van der Waals surface area contributed by atoms with E-state index in [1.807, 2.05) is 18.2 Å². The van der Waals surface area contributed by atoms with Crippen LogP contribution in [0.1, 0.15) is 28.4 Å². The summed E-state index contributed by atoms with van der Waals surface area (Å²) >= 11 is 4.50. The van der Waals surface area contributed by atoms with Crippen molar-refractivity contribution < 1.29 is 38.0 Å². The predicted molar refractivity (Wildman–Crippen MR) is 166 cm³/mol. The van der Waals surface area contributed by atoms with Gasteiger partial charge in [0.1, 0.15) is 41.7 Å². The number of methoxy groups -OCH3 is 2. The lowest BCUT2D eigenvalue weighted by atomic mass is 9.68. The van der Waals surface area contributed by atoms with E-state index in [1.54, 1.807) is 29.2 Å². The van der Waals surface area contributed by atoms with E-state index in [0.29, 0.717) is 47.3 Å². The van der Waals surface area contributed by atoms with E-state index in [1.165, 1.54) is 13.0 Å². The Hall–Kier alpha value is -1.44. The van der Waals surface area contributed by atoms with Gasteiger partial charge in [-0.3, -0.25) is 9.59 Å². The largest absolute Gasteiger partial charge is 0.493 e. The molecule has 0 aromatic heterocycles. The van der Waals surface area contributed by atoms with Crippen LogP contribution in [0.4, 0.5) is 0 Å². The summed E-state index contributed by atoms with van der Waals surface area (Å²) in [5, 5.41) is 0. The Morgan fingerprint density at radius 3 is 2.58 bits per heavy atom. The molecule has 3 aliphatic heterocycles. The first kappa shape index (κ1) is 29.5. The molecule has 0 amide bonds. The summed E-state index contributed by atoms with van der Waals surface area (Å²) in [7, 11) is 7.43. The Balaban J connectivity index is 0.000000426. The lowest BCUT2D eigenvalue weighted by Gasteiger charge is -2.51. The molecule has 38 heavy (non-hydrogen) atoms. The van der Waals surface area contributed by atoms with Crippen LogP contribution < -0.4 is 23.7 Å². The van der Waals surface area contributed by atoms with Gasteiger partial charge in [0, 0.05) is 36.3 Å². The first-order valence-electron chi connectivity index (χ1n) is 11.5. The molecule has 0 bridgehead atoms. The molecule has 4 atom stereocenters. The van der Waals surface area contributed by atoms with Crippen molar-refractivity contribution in [3.63, 3.8) is 0 Å². The molecular formula is C26H27I2O8PS. The number of alkyl halides is 1. The van der Waals surface area contributed by atoms with Crippen LogP contribution in [-0.4, -0.2) is 54.4 Å². The SMILES string of the molecule is C=CCOC(C)=O.COc1cc2c(cc1OC)C1(CSI)C(=O)c3ccc4c(c3OC1(I)CO2)CC(P)O4. The number of benzene rings is 2. The summed E-state index contributed by atoms with van der Waals surface area (Å²) in [6.07, 6.45) is 2.21. The van der Waals surface area contributed by atoms with Crippen LogP contribution >= 0.6 is 62.0 Å². The van der Waals surface area contributed by atoms with Gasteiger partial charge in [-0.15, -0.1) is 0 Å². The van der Waals surface area contributed by atoms with Crippen molar-refractivity contribution in [3.05, 3.63) is 53.6 Å². The predicted octanol–water partition coefficient (Wildman–Crippen LogP) is 5.70. The van der Waals surface area contributed by atoms with Crippen LogP contribution in [-0.2, 0) is 21.4 Å². The van der Waals surface area contributed by atoms with Crippen LogP contribution in [0.2, 0.25) is 0 Å². The molecule has 12 heteroatoms. The van der Waals surface area contributed by atoms with Gasteiger partial charge in [-0.05, 0) is 62.0 Å². The first-order valence-corrected chi connectivity index (χ1v) is 16.8. The number of hydrogen-bond donors (Lipinski definition) is 0. The van der Waals surface area contributed by atoms with Gasteiger partial charge < -0.3 is 28.4 Å². The molecule has 4 unspecified atom stereocenters. The molecule has 0 saturated carbocycles. The average molecular weight is 784 g/mol. The number of halogens is 2. The smallest absolute Gasteiger partial charge is 0.302 e. The van der Waals surface area contributed by atoms with Gasteiger partial charge >= 0.3 is 5.97 Å². The number of ether oxygens (including phenoxy) is 6. The minimum atomic E-state index is -0.951. The number of carbonyl (C=O) groups is 2. The highest BCUT2D eigenvalue weighted by molar-refractivity contribution is 14.2. The molecule has 3 heterocycles. The fourth-order valence-corrected chi connectivity index (χ4v) is 8.56. The fraction of sp³-hybridized carbons (Fsp3) is 0.385. The summed E-state index contributed by atoms with van der Waals surface area (Å²) in [5.41, 5.74) is 1.33. The van der Waals surface area contributed by atoms with Crippen molar-refractivity contribution in [2.75, 3.05) is 33.2 Å². The van der Waals surface area contributed by atoms with E-state index in [4.69, 9.17) is 23.7 Å². The molecule has 0 fully saturated rings. The number of ketones is 1. The molecular weight excluding hydrogens is 757 g/mol. The number of fused-ring (bicyclic) bond motifs is 6. The number of carbonyl (C=O) groups excluding carboxylic acids is 2. The van der Waals surface area contributed by atoms with Crippen LogP contribution in [0.15, 0.2) is 36.9 Å². The molecule has 0 radical (unpaired) electrons. The second-order valence-electron chi connectivity index (χ2n) is 8.68. The zero-order chi connectivity index (χ0) is 27.7. The van der Waals surface area contributed by atoms with Gasteiger partial charge in [-0.2, -0.15) is 0 Å². The molecule has 0 N–H and O–H groups in total. The lowest BCUT2D eigenvalue weighted by Crippen LogP contribution is -2.65. The number of hydrogen-bond acceptors (Lipinski definition) is 9. The molecule has 2 aromatic carbocycles.